The van der Waals surface area contributed by atoms with Gasteiger partial charge in [0.15, 0.2) is 0 Å². The van der Waals surface area contributed by atoms with Gasteiger partial charge in [-0.1, -0.05) is 0 Å². The van der Waals surface area contributed by atoms with Crippen LogP contribution in [0.3, 0.4) is 0 Å². The molecule has 0 radical (unpaired) electrons. The van der Waals surface area contributed by atoms with Crippen molar-refractivity contribution in [2.75, 3.05) is 0 Å². The summed E-state index contributed by atoms with van der Waals surface area (Å²) in [6.45, 7) is 3.29. The van der Waals surface area contributed by atoms with Crippen LogP contribution in [-0.2, 0) is 15.4 Å². The summed E-state index contributed by atoms with van der Waals surface area (Å²) < 4.78 is 10.8. The molecule has 5 heavy (non-hydrogen) atoms. The number of allylic oxidation sites excluding steroid dienone is 1. The Balaban J connectivity index is 2.40. The third kappa shape index (κ3) is 4.19. The van der Waals surface area contributed by atoms with Gasteiger partial charge >= 0.3 is 36.9 Å². The molecular formula is C3H5CuF. The van der Waals surface area contributed by atoms with Gasteiger partial charge < -0.3 is 0 Å². The molecule has 0 aliphatic rings. The molecule has 0 nitrogen and oxygen atoms in total. The van der Waals surface area contributed by atoms with Crippen LogP contribution in [0.2, 0.25) is 5.32 Å². The first-order valence-electron chi connectivity index (χ1n) is 1.14. The van der Waals surface area contributed by atoms with Gasteiger partial charge in [-0.25, -0.2) is 0 Å². The van der Waals surface area contributed by atoms with E-state index in [9.17, 15) is 3.55 Å². The third-order valence-corrected chi connectivity index (χ3v) is 0.551. The number of hydrogen-bond donors (Lipinski definition) is 0. The molecule has 0 aliphatic heterocycles. The Bertz CT molecular complexity index is 28.1. The van der Waals surface area contributed by atoms with E-state index in [1.54, 1.807) is 0 Å². The Hall–Kier alpha value is 0.189. The van der Waals surface area contributed by atoms with Crippen LogP contribution < -0.4 is 0 Å². The summed E-state index contributed by atoms with van der Waals surface area (Å²) in [7, 11) is 0. The van der Waals surface area contributed by atoms with Crippen LogP contribution >= 0.6 is 0 Å². The van der Waals surface area contributed by atoms with Crippen molar-refractivity contribution in [3.63, 3.8) is 0 Å². The van der Waals surface area contributed by atoms with E-state index in [0.717, 1.165) is 0 Å². The Morgan fingerprint density at radius 2 is 2.60 bits per heavy atom. The maximum atomic E-state index is 10.8. The Labute approximate surface area is 37.7 Å². The van der Waals surface area contributed by atoms with Crippen molar-refractivity contribution in [1.29, 1.82) is 0 Å². The second-order valence-corrected chi connectivity index (χ2v) is 1.13. The molecule has 0 aromatic heterocycles. The second-order valence-electron chi connectivity index (χ2n) is 0.492. The summed E-state index contributed by atoms with van der Waals surface area (Å²) >= 11 is 0.353. The maximum absolute atomic E-state index is 10.8. The van der Waals surface area contributed by atoms with E-state index in [1.165, 1.54) is 6.08 Å². The predicted molar refractivity (Wildman–Crippen MR) is 16.1 cm³/mol. The van der Waals surface area contributed by atoms with E-state index in [-0.39, 0.29) is 0 Å². The summed E-state index contributed by atoms with van der Waals surface area (Å²) in [4.78, 5) is 0. The molecule has 0 amide bonds. The van der Waals surface area contributed by atoms with Crippen molar-refractivity contribution in [2.45, 2.75) is 5.32 Å². The molecule has 2 heteroatoms. The average molecular weight is 124 g/mol. The summed E-state index contributed by atoms with van der Waals surface area (Å²) in [5, 5.41) is 0.392. The van der Waals surface area contributed by atoms with Gasteiger partial charge in [-0.3, -0.25) is 0 Å². The van der Waals surface area contributed by atoms with Crippen molar-refractivity contribution in [3.8, 4) is 0 Å². The number of rotatable bonds is 2. The van der Waals surface area contributed by atoms with E-state index in [4.69, 9.17) is 0 Å². The molecule has 0 spiro atoms. The molecule has 0 unspecified atom stereocenters. The molecule has 0 aromatic rings. The van der Waals surface area contributed by atoms with Crippen molar-refractivity contribution in [2.24, 2.45) is 0 Å². The zero-order valence-electron chi connectivity index (χ0n) is 2.67. The first-order chi connectivity index (χ1) is 2.41. The summed E-state index contributed by atoms with van der Waals surface area (Å²) in [5.74, 6) is 0. The van der Waals surface area contributed by atoms with Gasteiger partial charge in [0.2, 0.25) is 0 Å². The topological polar surface area (TPSA) is 0 Å². The fourth-order valence-electron chi connectivity index (χ4n) is 0.0329. The van der Waals surface area contributed by atoms with Gasteiger partial charge in [0.05, 0.1) is 0 Å². The standard InChI is InChI=1S/C3H5.Cu.FH/c1-3-2;;/h3H,1-2H2;;1H/q;+1;/p-1. The third-order valence-electron chi connectivity index (χ3n) is 0.134. The molecular weight excluding hydrogens is 119 g/mol. The van der Waals surface area contributed by atoms with Crippen LogP contribution in [0.5, 0.6) is 0 Å². The minimum atomic E-state index is 0.353. The van der Waals surface area contributed by atoms with E-state index < -0.39 is 0 Å². The molecule has 0 aliphatic carbocycles. The zero-order valence-corrected chi connectivity index (χ0v) is 3.61. The normalized spacial score (nSPS) is 8.20. The van der Waals surface area contributed by atoms with Gasteiger partial charge in [-0.05, 0) is 0 Å². The Morgan fingerprint density at radius 1 is 2.00 bits per heavy atom. The van der Waals surface area contributed by atoms with Crippen LogP contribution in [-0.4, -0.2) is 0 Å². The first kappa shape index (κ1) is 5.19. The number of halogens is 1. The molecule has 0 heterocycles. The quantitative estimate of drug-likeness (QED) is 0.386. The van der Waals surface area contributed by atoms with Gasteiger partial charge in [0.1, 0.15) is 0 Å². The predicted octanol–water partition coefficient (Wildman–Crippen LogP) is 1.56. The molecule has 35 valence electrons. The Kier molecular flexibility index (Phi) is 4.35. The van der Waals surface area contributed by atoms with E-state index in [0.29, 0.717) is 20.7 Å². The van der Waals surface area contributed by atoms with Crippen molar-refractivity contribution in [1.82, 2.24) is 0 Å². The van der Waals surface area contributed by atoms with Crippen LogP contribution in [0, 0.1) is 0 Å². The molecule has 0 fully saturated rings. The molecule has 0 rings (SSSR count). The van der Waals surface area contributed by atoms with Crippen LogP contribution in [0.25, 0.3) is 0 Å². The summed E-state index contributed by atoms with van der Waals surface area (Å²) in [6, 6.07) is 0. The monoisotopic (exact) mass is 123 g/mol. The average Bonchev–Trinajstić information content (AvgIpc) is 1.41. The van der Waals surface area contributed by atoms with E-state index in [2.05, 4.69) is 6.58 Å². The summed E-state index contributed by atoms with van der Waals surface area (Å²) in [5.41, 5.74) is 0. The second kappa shape index (κ2) is 4.19. The number of hydrogen-bond acceptors (Lipinski definition) is 0. The van der Waals surface area contributed by atoms with Crippen molar-refractivity contribution < 1.29 is 19.0 Å². The first-order valence-corrected chi connectivity index (χ1v) is 2.17. The molecule has 0 aromatic carbocycles. The zero-order chi connectivity index (χ0) is 4.12. The van der Waals surface area contributed by atoms with Gasteiger partial charge in [-0.2, -0.15) is 0 Å². The van der Waals surface area contributed by atoms with Crippen LogP contribution in [0.4, 0.5) is 3.55 Å². The fourth-order valence-corrected chi connectivity index (χ4v) is 0.136. The van der Waals surface area contributed by atoms with Crippen molar-refractivity contribution in [3.05, 3.63) is 12.7 Å². The van der Waals surface area contributed by atoms with Gasteiger partial charge in [-0.15, -0.1) is 0 Å². The summed E-state index contributed by atoms with van der Waals surface area (Å²) in [6.07, 6.45) is 1.51. The molecule has 0 N–H and O–H groups in total. The minimum absolute atomic E-state index is 0.353. The Morgan fingerprint density at radius 3 is 2.60 bits per heavy atom. The molecule has 0 saturated carbocycles. The van der Waals surface area contributed by atoms with Crippen LogP contribution in [0.15, 0.2) is 12.7 Å². The van der Waals surface area contributed by atoms with E-state index in [1.807, 2.05) is 0 Å². The van der Waals surface area contributed by atoms with Crippen molar-refractivity contribution >= 4 is 0 Å². The van der Waals surface area contributed by atoms with Gasteiger partial charge in [0.25, 0.3) is 0 Å². The fraction of sp³-hybridized carbons (Fsp3) is 0.333. The van der Waals surface area contributed by atoms with E-state index >= 15 is 0 Å². The molecule has 0 atom stereocenters. The van der Waals surface area contributed by atoms with Crippen LogP contribution in [0.1, 0.15) is 0 Å². The van der Waals surface area contributed by atoms with Gasteiger partial charge in [0, 0.05) is 0 Å². The molecule has 0 bridgehead atoms. The molecule has 0 saturated heterocycles. The SMILES string of the molecule is C=C[CH2][Cu][F].